The molecule has 0 aromatic heterocycles. The number of hydrogen-bond acceptors (Lipinski definition) is 2. The third-order valence-electron chi connectivity index (χ3n) is 2.48. The van der Waals surface area contributed by atoms with E-state index < -0.39 is 0 Å². The Labute approximate surface area is 107 Å². The van der Waals surface area contributed by atoms with Gasteiger partial charge < -0.3 is 10.4 Å². The third kappa shape index (κ3) is 4.30. The van der Waals surface area contributed by atoms with Crippen molar-refractivity contribution >= 4 is 23.2 Å². The predicted octanol–water partition coefficient (Wildman–Crippen LogP) is 3.42. The van der Waals surface area contributed by atoms with Crippen molar-refractivity contribution < 1.29 is 5.11 Å². The van der Waals surface area contributed by atoms with Crippen molar-refractivity contribution in [3.63, 3.8) is 0 Å². The van der Waals surface area contributed by atoms with Crippen molar-refractivity contribution in [2.75, 3.05) is 13.2 Å². The minimum Gasteiger partial charge on any atom is -0.396 e. The predicted molar refractivity (Wildman–Crippen MR) is 69.2 cm³/mol. The lowest BCUT2D eigenvalue weighted by Crippen LogP contribution is -2.20. The number of unbranched alkanes of at least 4 members (excludes halogenated alkanes) is 1. The molecule has 0 amide bonds. The quantitative estimate of drug-likeness (QED) is 0.770. The van der Waals surface area contributed by atoms with E-state index in [1.165, 1.54) is 0 Å². The summed E-state index contributed by atoms with van der Waals surface area (Å²) >= 11 is 11.8. The fraction of sp³-hybridized carbons (Fsp3) is 0.500. The van der Waals surface area contributed by atoms with Gasteiger partial charge in [0.2, 0.25) is 0 Å². The van der Waals surface area contributed by atoms with E-state index in [-0.39, 0.29) is 12.6 Å². The highest BCUT2D eigenvalue weighted by atomic mass is 35.5. The molecule has 0 aliphatic heterocycles. The fourth-order valence-corrected chi connectivity index (χ4v) is 1.76. The molecule has 0 heterocycles. The van der Waals surface area contributed by atoms with Crippen LogP contribution in [0.4, 0.5) is 0 Å². The van der Waals surface area contributed by atoms with Crippen LogP contribution in [0, 0.1) is 0 Å². The van der Waals surface area contributed by atoms with Gasteiger partial charge in [-0.25, -0.2) is 0 Å². The molecule has 1 rings (SSSR count). The highest BCUT2D eigenvalue weighted by Gasteiger charge is 2.06. The van der Waals surface area contributed by atoms with Gasteiger partial charge in [-0.3, -0.25) is 0 Å². The van der Waals surface area contributed by atoms with Crippen LogP contribution in [-0.2, 0) is 0 Å². The summed E-state index contributed by atoms with van der Waals surface area (Å²) in [6.07, 6.45) is 1.81. The molecular formula is C12H17Cl2NO. The molecule has 1 unspecified atom stereocenters. The molecule has 0 fully saturated rings. The molecule has 4 heteroatoms. The van der Waals surface area contributed by atoms with Crippen molar-refractivity contribution in [1.82, 2.24) is 5.32 Å². The van der Waals surface area contributed by atoms with Crippen molar-refractivity contribution in [3.8, 4) is 0 Å². The lowest BCUT2D eigenvalue weighted by Gasteiger charge is -2.14. The zero-order valence-corrected chi connectivity index (χ0v) is 10.9. The smallest absolute Gasteiger partial charge is 0.0595 e. The summed E-state index contributed by atoms with van der Waals surface area (Å²) in [6, 6.07) is 5.91. The van der Waals surface area contributed by atoms with E-state index >= 15 is 0 Å². The van der Waals surface area contributed by atoms with Gasteiger partial charge in [-0.05, 0) is 44.0 Å². The number of aliphatic hydroxyl groups is 1. The van der Waals surface area contributed by atoms with Gasteiger partial charge in [0.1, 0.15) is 0 Å². The number of rotatable bonds is 6. The second-order valence-corrected chi connectivity index (χ2v) is 4.59. The van der Waals surface area contributed by atoms with Gasteiger partial charge >= 0.3 is 0 Å². The Kier molecular flexibility index (Phi) is 6.14. The molecule has 1 atom stereocenters. The zero-order chi connectivity index (χ0) is 12.0. The Morgan fingerprint density at radius 3 is 2.62 bits per heavy atom. The maximum Gasteiger partial charge on any atom is 0.0595 e. The topological polar surface area (TPSA) is 32.3 Å². The van der Waals surface area contributed by atoms with Crippen LogP contribution in [0.25, 0.3) is 0 Å². The molecule has 2 N–H and O–H groups in total. The minimum atomic E-state index is 0.244. The Balaban J connectivity index is 2.46. The van der Waals surface area contributed by atoms with Gasteiger partial charge in [0.25, 0.3) is 0 Å². The van der Waals surface area contributed by atoms with E-state index in [2.05, 4.69) is 12.2 Å². The number of aliphatic hydroxyl groups excluding tert-OH is 1. The molecule has 0 aliphatic rings. The Morgan fingerprint density at radius 1 is 1.25 bits per heavy atom. The molecule has 0 aliphatic carbocycles. The van der Waals surface area contributed by atoms with Crippen LogP contribution in [0.5, 0.6) is 0 Å². The first-order valence-electron chi connectivity index (χ1n) is 5.44. The molecule has 2 nitrogen and oxygen atoms in total. The van der Waals surface area contributed by atoms with Gasteiger partial charge in [0.15, 0.2) is 0 Å². The molecule has 0 radical (unpaired) electrons. The molecule has 1 aromatic rings. The first kappa shape index (κ1) is 13.8. The number of nitrogens with one attached hydrogen (secondary N) is 1. The second-order valence-electron chi connectivity index (χ2n) is 3.78. The van der Waals surface area contributed by atoms with Crippen molar-refractivity contribution in [2.24, 2.45) is 0 Å². The molecule has 0 spiro atoms. The van der Waals surface area contributed by atoms with Gasteiger partial charge in [0.05, 0.1) is 10.0 Å². The van der Waals surface area contributed by atoms with Crippen LogP contribution in [0.2, 0.25) is 10.0 Å². The Morgan fingerprint density at radius 2 is 2.00 bits per heavy atom. The maximum atomic E-state index is 8.66. The van der Waals surface area contributed by atoms with Gasteiger partial charge in [-0.15, -0.1) is 0 Å². The monoisotopic (exact) mass is 261 g/mol. The Bertz CT molecular complexity index is 331. The highest BCUT2D eigenvalue weighted by molar-refractivity contribution is 6.42. The highest BCUT2D eigenvalue weighted by Crippen LogP contribution is 2.25. The van der Waals surface area contributed by atoms with Crippen LogP contribution in [0.1, 0.15) is 31.4 Å². The maximum absolute atomic E-state index is 8.66. The molecule has 0 saturated carbocycles. The molecule has 0 bridgehead atoms. The van der Waals surface area contributed by atoms with Gasteiger partial charge in [-0.1, -0.05) is 29.3 Å². The average Bonchev–Trinajstić information content (AvgIpc) is 2.28. The van der Waals surface area contributed by atoms with Crippen LogP contribution < -0.4 is 5.32 Å². The molecule has 16 heavy (non-hydrogen) atoms. The summed E-state index contributed by atoms with van der Waals surface area (Å²) in [7, 11) is 0. The normalized spacial score (nSPS) is 12.8. The lowest BCUT2D eigenvalue weighted by molar-refractivity contribution is 0.283. The van der Waals surface area contributed by atoms with Crippen molar-refractivity contribution in [1.29, 1.82) is 0 Å². The van der Waals surface area contributed by atoms with Crippen LogP contribution in [0.15, 0.2) is 18.2 Å². The van der Waals surface area contributed by atoms with Crippen LogP contribution in [-0.4, -0.2) is 18.3 Å². The van der Waals surface area contributed by atoms with Gasteiger partial charge in [-0.2, -0.15) is 0 Å². The fourth-order valence-electron chi connectivity index (χ4n) is 1.45. The third-order valence-corrected chi connectivity index (χ3v) is 3.22. The van der Waals surface area contributed by atoms with E-state index in [0.29, 0.717) is 10.0 Å². The first-order chi connectivity index (χ1) is 7.65. The summed E-state index contributed by atoms with van der Waals surface area (Å²) in [5.41, 5.74) is 1.12. The van der Waals surface area contributed by atoms with Crippen molar-refractivity contribution in [2.45, 2.75) is 25.8 Å². The molecule has 90 valence electrons. The van der Waals surface area contributed by atoms with E-state index in [1.807, 2.05) is 18.2 Å². The van der Waals surface area contributed by atoms with Crippen LogP contribution in [0.3, 0.4) is 0 Å². The van der Waals surface area contributed by atoms with Crippen molar-refractivity contribution in [3.05, 3.63) is 33.8 Å². The van der Waals surface area contributed by atoms with E-state index in [1.54, 1.807) is 0 Å². The Hall–Kier alpha value is -0.280. The first-order valence-corrected chi connectivity index (χ1v) is 6.20. The van der Waals surface area contributed by atoms with E-state index in [9.17, 15) is 0 Å². The lowest BCUT2D eigenvalue weighted by atomic mass is 10.1. The standard InChI is InChI=1S/C12H17Cl2NO/c1-9(15-6-2-3-7-16)10-4-5-11(13)12(14)8-10/h4-5,8-9,15-16H,2-3,6-7H2,1H3. The largest absolute Gasteiger partial charge is 0.396 e. The number of halogens is 2. The van der Waals surface area contributed by atoms with E-state index in [0.717, 1.165) is 24.9 Å². The zero-order valence-electron chi connectivity index (χ0n) is 9.34. The SMILES string of the molecule is CC(NCCCCO)c1ccc(Cl)c(Cl)c1. The summed E-state index contributed by atoms with van der Waals surface area (Å²) in [6.45, 7) is 3.23. The summed E-state index contributed by atoms with van der Waals surface area (Å²) in [5.74, 6) is 0. The van der Waals surface area contributed by atoms with Gasteiger partial charge in [0, 0.05) is 12.6 Å². The summed E-state index contributed by atoms with van der Waals surface area (Å²) in [4.78, 5) is 0. The summed E-state index contributed by atoms with van der Waals surface area (Å²) < 4.78 is 0. The second kappa shape index (κ2) is 7.13. The molecule has 0 saturated heterocycles. The average molecular weight is 262 g/mol. The summed E-state index contributed by atoms with van der Waals surface area (Å²) in [5, 5.41) is 13.2. The number of benzene rings is 1. The minimum absolute atomic E-state index is 0.244. The molecule has 1 aromatic carbocycles. The van der Waals surface area contributed by atoms with Crippen LogP contribution >= 0.6 is 23.2 Å². The number of hydrogen-bond donors (Lipinski definition) is 2. The molecular weight excluding hydrogens is 245 g/mol. The van der Waals surface area contributed by atoms with E-state index in [4.69, 9.17) is 28.3 Å².